The molecule has 9 heteroatoms. The highest BCUT2D eigenvalue weighted by Gasteiger charge is 2.24. The van der Waals surface area contributed by atoms with E-state index in [-0.39, 0.29) is 12.2 Å². The molecular formula is C24H27N7OS. The van der Waals surface area contributed by atoms with Crippen LogP contribution in [0.15, 0.2) is 36.8 Å². The fraction of sp³-hybridized carbons (Fsp3) is 0.417. The molecule has 2 aliphatic rings. The molecule has 1 N–H and O–H groups in total. The zero-order chi connectivity index (χ0) is 22.4. The van der Waals surface area contributed by atoms with Crippen LogP contribution in [0.4, 0.5) is 10.9 Å². The topological polar surface area (TPSA) is 83.1 Å². The van der Waals surface area contributed by atoms with Crippen molar-refractivity contribution in [3.05, 3.63) is 36.8 Å². The summed E-state index contributed by atoms with van der Waals surface area (Å²) in [5.41, 5.74) is 3.80. The Balaban J connectivity index is 1.33. The first-order valence-corrected chi connectivity index (χ1v) is 12.4. The molecule has 0 aliphatic carbocycles. The van der Waals surface area contributed by atoms with Crippen LogP contribution in [0.2, 0.25) is 0 Å². The van der Waals surface area contributed by atoms with Crippen LogP contribution < -0.4 is 9.80 Å². The summed E-state index contributed by atoms with van der Waals surface area (Å²) in [6, 6.07) is 8.44. The van der Waals surface area contributed by atoms with E-state index < -0.39 is 0 Å². The van der Waals surface area contributed by atoms with Gasteiger partial charge in [-0.2, -0.15) is 5.10 Å². The SMILES string of the molecule is C[C@@H]1CN(c2cc(-c3n[nH]c4ccc(-c5cnc(N6CCCC6)s5)cc34)ncn2)C[C@H](C)O1. The van der Waals surface area contributed by atoms with Gasteiger partial charge in [0.05, 0.1) is 28.3 Å². The summed E-state index contributed by atoms with van der Waals surface area (Å²) in [5.74, 6) is 0.909. The molecule has 0 unspecified atom stereocenters. The lowest BCUT2D eigenvalue weighted by Gasteiger charge is -2.36. The van der Waals surface area contributed by atoms with Gasteiger partial charge in [0.1, 0.15) is 17.8 Å². The summed E-state index contributed by atoms with van der Waals surface area (Å²) in [4.78, 5) is 19.6. The van der Waals surface area contributed by atoms with Crippen molar-refractivity contribution in [3.63, 3.8) is 0 Å². The van der Waals surface area contributed by atoms with Crippen LogP contribution in [0.25, 0.3) is 32.7 Å². The summed E-state index contributed by atoms with van der Waals surface area (Å²) in [6.07, 6.45) is 6.47. The first kappa shape index (κ1) is 20.6. The van der Waals surface area contributed by atoms with Gasteiger partial charge in [-0.1, -0.05) is 17.4 Å². The Hall–Kier alpha value is -3.04. The maximum atomic E-state index is 5.88. The summed E-state index contributed by atoms with van der Waals surface area (Å²) in [5, 5.41) is 9.94. The number of fused-ring (bicyclic) bond motifs is 1. The van der Waals surface area contributed by atoms with Crippen molar-refractivity contribution >= 4 is 33.2 Å². The van der Waals surface area contributed by atoms with E-state index in [1.165, 1.54) is 17.7 Å². The lowest BCUT2D eigenvalue weighted by molar-refractivity contribution is -0.00546. The number of hydrogen-bond acceptors (Lipinski definition) is 8. The molecule has 33 heavy (non-hydrogen) atoms. The van der Waals surface area contributed by atoms with Gasteiger partial charge in [0.2, 0.25) is 0 Å². The number of thiazole rings is 1. The number of aromatic nitrogens is 5. The lowest BCUT2D eigenvalue weighted by Crippen LogP contribution is -2.45. The van der Waals surface area contributed by atoms with E-state index in [4.69, 9.17) is 4.74 Å². The molecule has 0 saturated carbocycles. The number of ether oxygens (including phenoxy) is 1. The molecule has 170 valence electrons. The van der Waals surface area contributed by atoms with Gasteiger partial charge in [0.25, 0.3) is 0 Å². The van der Waals surface area contributed by atoms with E-state index in [2.05, 4.69) is 67.0 Å². The second kappa shape index (κ2) is 8.39. The van der Waals surface area contributed by atoms with Crippen LogP contribution in [0.5, 0.6) is 0 Å². The monoisotopic (exact) mass is 461 g/mol. The number of aromatic amines is 1. The van der Waals surface area contributed by atoms with Crippen molar-refractivity contribution in [3.8, 4) is 21.8 Å². The average Bonchev–Trinajstić information content (AvgIpc) is 3.58. The van der Waals surface area contributed by atoms with Gasteiger partial charge in [0, 0.05) is 43.8 Å². The molecule has 2 fully saturated rings. The van der Waals surface area contributed by atoms with E-state index in [0.29, 0.717) is 0 Å². The molecule has 2 aliphatic heterocycles. The summed E-state index contributed by atoms with van der Waals surface area (Å²) >= 11 is 1.76. The third-order valence-corrected chi connectivity index (χ3v) is 7.46. The van der Waals surface area contributed by atoms with E-state index in [1.807, 2.05) is 12.3 Å². The van der Waals surface area contributed by atoms with E-state index in [0.717, 1.165) is 65.0 Å². The van der Waals surface area contributed by atoms with Crippen LogP contribution in [-0.2, 0) is 4.74 Å². The first-order valence-electron chi connectivity index (χ1n) is 11.6. The smallest absolute Gasteiger partial charge is 0.185 e. The minimum Gasteiger partial charge on any atom is -0.372 e. The van der Waals surface area contributed by atoms with Crippen molar-refractivity contribution in [2.24, 2.45) is 0 Å². The maximum absolute atomic E-state index is 5.88. The highest BCUT2D eigenvalue weighted by molar-refractivity contribution is 7.18. The Kier molecular flexibility index (Phi) is 5.22. The number of rotatable bonds is 4. The molecule has 2 saturated heterocycles. The van der Waals surface area contributed by atoms with Gasteiger partial charge in [-0.25, -0.2) is 15.0 Å². The molecule has 4 aromatic rings. The minimum atomic E-state index is 0.172. The maximum Gasteiger partial charge on any atom is 0.185 e. The average molecular weight is 462 g/mol. The van der Waals surface area contributed by atoms with E-state index in [9.17, 15) is 0 Å². The number of anilines is 2. The summed E-state index contributed by atoms with van der Waals surface area (Å²) < 4.78 is 5.88. The molecule has 8 nitrogen and oxygen atoms in total. The molecule has 0 spiro atoms. The largest absolute Gasteiger partial charge is 0.372 e. The van der Waals surface area contributed by atoms with Crippen molar-refractivity contribution in [2.75, 3.05) is 36.0 Å². The van der Waals surface area contributed by atoms with Crippen LogP contribution >= 0.6 is 11.3 Å². The molecule has 2 atom stereocenters. The third kappa shape index (κ3) is 3.95. The van der Waals surface area contributed by atoms with Crippen LogP contribution in [0.3, 0.4) is 0 Å². The third-order valence-electron chi connectivity index (χ3n) is 6.36. The summed E-state index contributed by atoms with van der Waals surface area (Å²) in [6.45, 7) is 8.04. The summed E-state index contributed by atoms with van der Waals surface area (Å²) in [7, 11) is 0. The molecule has 0 amide bonds. The van der Waals surface area contributed by atoms with Gasteiger partial charge in [-0.15, -0.1) is 0 Å². The number of H-pyrrole nitrogens is 1. The highest BCUT2D eigenvalue weighted by Crippen LogP contribution is 2.36. The van der Waals surface area contributed by atoms with Gasteiger partial charge in [-0.3, -0.25) is 5.10 Å². The minimum absolute atomic E-state index is 0.172. The van der Waals surface area contributed by atoms with Gasteiger partial charge < -0.3 is 14.5 Å². The Morgan fingerprint density at radius 2 is 1.82 bits per heavy atom. The van der Waals surface area contributed by atoms with Crippen molar-refractivity contribution < 1.29 is 4.74 Å². The van der Waals surface area contributed by atoms with Crippen molar-refractivity contribution in [1.29, 1.82) is 0 Å². The first-order chi connectivity index (χ1) is 16.1. The second-order valence-corrected chi connectivity index (χ2v) is 9.97. The number of benzene rings is 1. The van der Waals surface area contributed by atoms with E-state index >= 15 is 0 Å². The molecule has 1 aromatic carbocycles. The fourth-order valence-corrected chi connectivity index (χ4v) is 5.79. The van der Waals surface area contributed by atoms with Crippen molar-refractivity contribution in [2.45, 2.75) is 38.9 Å². The molecule has 3 aromatic heterocycles. The van der Waals surface area contributed by atoms with Crippen LogP contribution in [0, 0.1) is 0 Å². The molecule has 5 heterocycles. The Bertz CT molecular complexity index is 1270. The Morgan fingerprint density at radius 3 is 2.64 bits per heavy atom. The molecular weight excluding hydrogens is 434 g/mol. The van der Waals surface area contributed by atoms with Gasteiger partial charge in [0.15, 0.2) is 5.13 Å². The Labute approximate surface area is 196 Å². The second-order valence-electron chi connectivity index (χ2n) is 8.96. The predicted octanol–water partition coefficient (Wildman–Crippen LogP) is 4.36. The number of hydrogen-bond donors (Lipinski definition) is 1. The number of morpholine rings is 1. The van der Waals surface area contributed by atoms with E-state index in [1.54, 1.807) is 17.7 Å². The lowest BCUT2D eigenvalue weighted by atomic mass is 10.1. The highest BCUT2D eigenvalue weighted by atomic mass is 32.1. The number of nitrogens with one attached hydrogen (secondary N) is 1. The molecule has 6 rings (SSSR count). The molecule has 0 bridgehead atoms. The predicted molar refractivity (Wildman–Crippen MR) is 132 cm³/mol. The van der Waals surface area contributed by atoms with Crippen LogP contribution in [0.1, 0.15) is 26.7 Å². The standard InChI is InChI=1S/C24H27N7OS/c1-15-12-31(13-16(2)32-15)22-10-20(26-14-27-22)23-18-9-17(5-6-19(18)28-29-23)21-11-25-24(33-21)30-7-3-4-8-30/h5-6,9-11,14-16H,3-4,7-8,12-13H2,1-2H3,(H,28,29)/t15-,16+. The van der Waals surface area contributed by atoms with Gasteiger partial charge in [-0.05, 0) is 44.4 Å². The van der Waals surface area contributed by atoms with Gasteiger partial charge >= 0.3 is 0 Å². The zero-order valence-corrected chi connectivity index (χ0v) is 19.7. The quantitative estimate of drug-likeness (QED) is 0.483. The Morgan fingerprint density at radius 1 is 1.00 bits per heavy atom. The molecule has 0 radical (unpaired) electrons. The number of nitrogens with zero attached hydrogens (tertiary/aromatic N) is 6. The van der Waals surface area contributed by atoms with Crippen molar-refractivity contribution in [1.82, 2.24) is 25.1 Å². The normalized spacial score (nSPS) is 21.3. The zero-order valence-electron chi connectivity index (χ0n) is 18.9. The van der Waals surface area contributed by atoms with Crippen LogP contribution in [-0.4, -0.2) is 63.5 Å². The fourth-order valence-electron chi connectivity index (χ4n) is 4.83.